The standard InChI is InChI=1S/C18H18N4O4/c1-3-21-14-7-11(2)26-17(14)13-9-20-22(18(24)16(13)21)10-15(23)19-8-12-5-4-6-25-12/h4-7,9H,3,8,10H2,1-2H3,(H,19,23). The maximum atomic E-state index is 12.9. The number of hydrogen-bond donors (Lipinski definition) is 1. The first kappa shape index (κ1) is 16.2. The van der Waals surface area contributed by atoms with Gasteiger partial charge in [-0.15, -0.1) is 0 Å². The lowest BCUT2D eigenvalue weighted by atomic mass is 10.3. The van der Waals surface area contributed by atoms with E-state index >= 15 is 0 Å². The number of nitrogens with zero attached hydrogens (tertiary/aromatic N) is 3. The summed E-state index contributed by atoms with van der Waals surface area (Å²) in [4.78, 5) is 25.0. The maximum absolute atomic E-state index is 12.9. The van der Waals surface area contributed by atoms with Crippen molar-refractivity contribution in [3.63, 3.8) is 0 Å². The van der Waals surface area contributed by atoms with E-state index in [-0.39, 0.29) is 24.6 Å². The lowest BCUT2D eigenvalue weighted by Crippen LogP contribution is -2.33. The van der Waals surface area contributed by atoms with Gasteiger partial charge in [0.05, 0.1) is 29.9 Å². The molecule has 0 aliphatic heterocycles. The van der Waals surface area contributed by atoms with Crippen molar-refractivity contribution in [1.82, 2.24) is 19.7 Å². The summed E-state index contributed by atoms with van der Waals surface area (Å²) in [5.74, 6) is 1.11. The van der Waals surface area contributed by atoms with Crippen LogP contribution in [-0.4, -0.2) is 20.3 Å². The Morgan fingerprint density at radius 2 is 2.23 bits per heavy atom. The number of aromatic nitrogens is 3. The Balaban J connectivity index is 1.67. The van der Waals surface area contributed by atoms with Gasteiger partial charge >= 0.3 is 0 Å². The first-order valence-corrected chi connectivity index (χ1v) is 8.36. The summed E-state index contributed by atoms with van der Waals surface area (Å²) in [6, 6.07) is 5.42. The zero-order valence-corrected chi connectivity index (χ0v) is 14.5. The Kier molecular flexibility index (Phi) is 3.87. The molecule has 0 radical (unpaired) electrons. The highest BCUT2D eigenvalue weighted by Crippen LogP contribution is 2.29. The Morgan fingerprint density at radius 1 is 1.38 bits per heavy atom. The van der Waals surface area contributed by atoms with Crippen LogP contribution in [0.15, 0.2) is 44.3 Å². The molecule has 0 saturated carbocycles. The van der Waals surface area contributed by atoms with Crippen molar-refractivity contribution >= 4 is 27.9 Å². The normalized spacial score (nSPS) is 11.5. The van der Waals surface area contributed by atoms with Crippen molar-refractivity contribution in [2.45, 2.75) is 33.5 Å². The number of carbonyl (C=O) groups is 1. The molecule has 8 nitrogen and oxygen atoms in total. The smallest absolute Gasteiger partial charge is 0.291 e. The predicted molar refractivity (Wildman–Crippen MR) is 94.7 cm³/mol. The topological polar surface area (TPSA) is 95.2 Å². The quantitative estimate of drug-likeness (QED) is 0.593. The summed E-state index contributed by atoms with van der Waals surface area (Å²) in [6.45, 7) is 4.54. The number of aryl methyl sites for hydroxylation is 2. The second-order valence-corrected chi connectivity index (χ2v) is 6.04. The van der Waals surface area contributed by atoms with Crippen LogP contribution in [0.25, 0.3) is 22.0 Å². The molecule has 4 heterocycles. The minimum absolute atomic E-state index is 0.162. The highest BCUT2D eigenvalue weighted by Gasteiger charge is 2.19. The third kappa shape index (κ3) is 2.59. The van der Waals surface area contributed by atoms with Gasteiger partial charge in [-0.1, -0.05) is 0 Å². The fourth-order valence-electron chi connectivity index (χ4n) is 3.15. The molecule has 1 amide bonds. The van der Waals surface area contributed by atoms with Crippen LogP contribution in [-0.2, 0) is 24.4 Å². The third-order valence-electron chi connectivity index (χ3n) is 4.31. The van der Waals surface area contributed by atoms with Gasteiger partial charge < -0.3 is 18.7 Å². The second-order valence-electron chi connectivity index (χ2n) is 6.04. The molecule has 4 aromatic rings. The molecule has 0 bridgehead atoms. The van der Waals surface area contributed by atoms with Crippen LogP contribution < -0.4 is 10.9 Å². The van der Waals surface area contributed by atoms with Gasteiger partial charge in [0.25, 0.3) is 5.56 Å². The summed E-state index contributed by atoms with van der Waals surface area (Å²) in [6.07, 6.45) is 3.12. The van der Waals surface area contributed by atoms with Crippen molar-refractivity contribution in [1.29, 1.82) is 0 Å². The van der Waals surface area contributed by atoms with E-state index in [1.165, 1.54) is 6.26 Å². The van der Waals surface area contributed by atoms with E-state index < -0.39 is 0 Å². The number of amides is 1. The number of hydrogen-bond acceptors (Lipinski definition) is 5. The highest BCUT2D eigenvalue weighted by atomic mass is 16.3. The van der Waals surface area contributed by atoms with Gasteiger partial charge in [0.2, 0.25) is 5.91 Å². The van der Waals surface area contributed by atoms with Crippen LogP contribution in [0, 0.1) is 6.92 Å². The van der Waals surface area contributed by atoms with Crippen molar-refractivity contribution in [3.8, 4) is 0 Å². The predicted octanol–water partition coefficient (Wildman–Crippen LogP) is 2.18. The molecule has 8 heteroatoms. The molecule has 0 unspecified atom stereocenters. The number of rotatable bonds is 5. The van der Waals surface area contributed by atoms with Gasteiger partial charge in [-0.2, -0.15) is 5.10 Å². The molecule has 1 N–H and O–H groups in total. The summed E-state index contributed by atoms with van der Waals surface area (Å²) in [7, 11) is 0. The van der Waals surface area contributed by atoms with E-state index in [0.29, 0.717) is 28.8 Å². The van der Waals surface area contributed by atoms with Crippen LogP contribution >= 0.6 is 0 Å². The highest BCUT2D eigenvalue weighted by molar-refractivity contribution is 6.04. The van der Waals surface area contributed by atoms with E-state index in [9.17, 15) is 9.59 Å². The van der Waals surface area contributed by atoms with Crippen LogP contribution in [0.2, 0.25) is 0 Å². The van der Waals surface area contributed by atoms with Gasteiger partial charge in [0.15, 0.2) is 5.58 Å². The molecule has 0 aromatic carbocycles. The number of fused-ring (bicyclic) bond motifs is 3. The Morgan fingerprint density at radius 3 is 2.96 bits per heavy atom. The maximum Gasteiger partial charge on any atom is 0.291 e. The number of carbonyl (C=O) groups excluding carboxylic acids is 1. The summed E-state index contributed by atoms with van der Waals surface area (Å²) >= 11 is 0. The molecule has 0 aliphatic carbocycles. The fourth-order valence-corrected chi connectivity index (χ4v) is 3.15. The molecule has 0 aliphatic rings. The zero-order chi connectivity index (χ0) is 18.3. The average molecular weight is 354 g/mol. The van der Waals surface area contributed by atoms with Crippen LogP contribution in [0.5, 0.6) is 0 Å². The van der Waals surface area contributed by atoms with Gasteiger partial charge in [-0.25, -0.2) is 4.68 Å². The number of furan rings is 2. The number of nitrogens with one attached hydrogen (secondary N) is 1. The largest absolute Gasteiger partial charge is 0.467 e. The van der Waals surface area contributed by atoms with Crippen LogP contribution in [0.3, 0.4) is 0 Å². The molecule has 0 fully saturated rings. The monoisotopic (exact) mass is 354 g/mol. The molecule has 4 aromatic heterocycles. The van der Waals surface area contributed by atoms with Crippen LogP contribution in [0.1, 0.15) is 18.4 Å². The SMILES string of the molecule is CCn1c2cc(C)oc2c2cnn(CC(=O)NCc3ccco3)c(=O)c21. The summed E-state index contributed by atoms with van der Waals surface area (Å²) < 4.78 is 13.9. The third-order valence-corrected chi connectivity index (χ3v) is 4.31. The van der Waals surface area contributed by atoms with Gasteiger partial charge in [0.1, 0.15) is 23.6 Å². The molecule has 4 rings (SSSR count). The molecule has 0 spiro atoms. The van der Waals surface area contributed by atoms with Crippen molar-refractivity contribution < 1.29 is 13.6 Å². The second kappa shape index (κ2) is 6.21. The van der Waals surface area contributed by atoms with E-state index in [1.54, 1.807) is 18.3 Å². The molecular weight excluding hydrogens is 336 g/mol. The van der Waals surface area contributed by atoms with Gasteiger partial charge in [0, 0.05) is 12.6 Å². The molecular formula is C18H18N4O4. The van der Waals surface area contributed by atoms with E-state index in [4.69, 9.17) is 8.83 Å². The van der Waals surface area contributed by atoms with Crippen molar-refractivity contribution in [2.24, 2.45) is 0 Å². The molecule has 134 valence electrons. The van der Waals surface area contributed by atoms with Gasteiger partial charge in [-0.05, 0) is 26.0 Å². The zero-order valence-electron chi connectivity index (χ0n) is 14.5. The van der Waals surface area contributed by atoms with E-state index in [0.717, 1.165) is 16.0 Å². The first-order chi connectivity index (χ1) is 12.6. The Labute approximate surface area is 148 Å². The van der Waals surface area contributed by atoms with E-state index in [1.807, 2.05) is 24.5 Å². The minimum Gasteiger partial charge on any atom is -0.467 e. The Bertz CT molecular complexity index is 1150. The van der Waals surface area contributed by atoms with E-state index in [2.05, 4.69) is 10.4 Å². The Hall–Kier alpha value is -3.29. The van der Waals surface area contributed by atoms with Crippen LogP contribution in [0.4, 0.5) is 0 Å². The molecule has 0 atom stereocenters. The van der Waals surface area contributed by atoms with Crippen molar-refractivity contribution in [3.05, 3.63) is 52.5 Å². The minimum atomic E-state index is -0.318. The molecule has 26 heavy (non-hydrogen) atoms. The lowest BCUT2D eigenvalue weighted by Gasteiger charge is -2.07. The first-order valence-electron chi connectivity index (χ1n) is 8.36. The fraction of sp³-hybridized carbons (Fsp3) is 0.278. The average Bonchev–Trinajstić information content (AvgIpc) is 3.31. The summed E-state index contributed by atoms with van der Waals surface area (Å²) in [5, 5.41) is 7.51. The van der Waals surface area contributed by atoms with Crippen molar-refractivity contribution in [2.75, 3.05) is 0 Å². The lowest BCUT2D eigenvalue weighted by molar-refractivity contribution is -0.122. The summed E-state index contributed by atoms with van der Waals surface area (Å²) in [5.41, 5.74) is 1.69. The van der Waals surface area contributed by atoms with Gasteiger partial charge in [-0.3, -0.25) is 9.59 Å². The molecule has 0 saturated heterocycles.